The van der Waals surface area contributed by atoms with Crippen molar-refractivity contribution in [3.05, 3.63) is 64.3 Å². The summed E-state index contributed by atoms with van der Waals surface area (Å²) in [5.41, 5.74) is 1.72. The van der Waals surface area contributed by atoms with Gasteiger partial charge in [-0.25, -0.2) is 19.7 Å². The second-order valence-electron chi connectivity index (χ2n) is 7.29. The van der Waals surface area contributed by atoms with Crippen LogP contribution in [0.15, 0.2) is 36.7 Å². The first-order valence-electron chi connectivity index (χ1n) is 10.3. The Kier molecular flexibility index (Phi) is 6.09. The standard InChI is InChI=1S/C23H25N5O3S/c1-6-31-23(29)19-13(2)17-20(25-14(3)26-22(17)32-19)27-18(21-24-11-12-28(21)4)15-9-7-8-10-16(15)30-5/h7-12,18H,6H2,1-5H3,(H,25,26,27). The third-order valence-corrected chi connectivity index (χ3v) is 6.38. The van der Waals surface area contributed by atoms with Gasteiger partial charge in [-0.2, -0.15) is 0 Å². The molecule has 8 nitrogen and oxygen atoms in total. The highest BCUT2D eigenvalue weighted by molar-refractivity contribution is 7.20. The van der Waals surface area contributed by atoms with Crippen LogP contribution in [0.2, 0.25) is 0 Å². The summed E-state index contributed by atoms with van der Waals surface area (Å²) in [5, 5.41) is 4.37. The zero-order valence-electron chi connectivity index (χ0n) is 18.7. The number of aromatic nitrogens is 4. The van der Waals surface area contributed by atoms with Crippen LogP contribution in [0.5, 0.6) is 5.75 Å². The molecule has 3 aromatic heterocycles. The molecule has 1 aromatic carbocycles. The number of esters is 1. The topological polar surface area (TPSA) is 91.2 Å². The Morgan fingerprint density at radius 1 is 1.25 bits per heavy atom. The highest BCUT2D eigenvalue weighted by atomic mass is 32.1. The van der Waals surface area contributed by atoms with Gasteiger partial charge in [0.2, 0.25) is 0 Å². The van der Waals surface area contributed by atoms with E-state index in [1.165, 1.54) is 11.3 Å². The summed E-state index contributed by atoms with van der Waals surface area (Å²) >= 11 is 1.32. The zero-order valence-corrected chi connectivity index (χ0v) is 19.5. The number of nitrogens with zero attached hydrogens (tertiary/aromatic N) is 4. The van der Waals surface area contributed by atoms with Crippen LogP contribution in [0.4, 0.5) is 5.82 Å². The molecule has 0 radical (unpaired) electrons. The Bertz CT molecular complexity index is 1280. The maximum atomic E-state index is 12.5. The molecule has 0 fully saturated rings. The molecule has 0 saturated carbocycles. The summed E-state index contributed by atoms with van der Waals surface area (Å²) in [6.45, 7) is 5.84. The first kappa shape index (κ1) is 21.8. The number of para-hydroxylation sites is 1. The lowest BCUT2D eigenvalue weighted by Gasteiger charge is -2.22. The van der Waals surface area contributed by atoms with E-state index in [-0.39, 0.29) is 12.0 Å². The van der Waals surface area contributed by atoms with Crippen LogP contribution in [0.3, 0.4) is 0 Å². The van der Waals surface area contributed by atoms with Gasteiger partial charge >= 0.3 is 5.97 Å². The van der Waals surface area contributed by atoms with Crippen molar-refractivity contribution in [2.24, 2.45) is 7.05 Å². The Morgan fingerprint density at radius 2 is 2.03 bits per heavy atom. The summed E-state index contributed by atoms with van der Waals surface area (Å²) in [7, 11) is 3.60. The Labute approximate surface area is 190 Å². The van der Waals surface area contributed by atoms with Crippen LogP contribution in [-0.4, -0.2) is 39.2 Å². The fourth-order valence-corrected chi connectivity index (χ4v) is 4.84. The summed E-state index contributed by atoms with van der Waals surface area (Å²) in [6, 6.07) is 7.47. The number of carbonyl (C=O) groups is 1. The van der Waals surface area contributed by atoms with E-state index in [1.54, 1.807) is 20.2 Å². The summed E-state index contributed by atoms with van der Waals surface area (Å²) in [6.07, 6.45) is 3.66. The molecule has 1 atom stereocenters. The maximum Gasteiger partial charge on any atom is 0.348 e. The quantitative estimate of drug-likeness (QED) is 0.416. The highest BCUT2D eigenvalue weighted by Gasteiger charge is 2.26. The van der Waals surface area contributed by atoms with Gasteiger partial charge in [0.15, 0.2) is 0 Å². The number of nitrogens with one attached hydrogen (secondary N) is 1. The first-order valence-corrected chi connectivity index (χ1v) is 11.1. The average Bonchev–Trinajstić information content (AvgIpc) is 3.35. The molecule has 0 amide bonds. The number of carbonyl (C=O) groups excluding carboxylic acids is 1. The van der Waals surface area contributed by atoms with Gasteiger partial charge in [0.25, 0.3) is 0 Å². The largest absolute Gasteiger partial charge is 0.496 e. The molecule has 4 rings (SSSR count). The van der Waals surface area contributed by atoms with Crippen LogP contribution >= 0.6 is 11.3 Å². The molecular formula is C23H25N5O3S. The molecule has 32 heavy (non-hydrogen) atoms. The van der Waals surface area contributed by atoms with Crippen molar-refractivity contribution in [3.63, 3.8) is 0 Å². The maximum absolute atomic E-state index is 12.5. The minimum atomic E-state index is -0.345. The van der Waals surface area contributed by atoms with Gasteiger partial charge in [0.05, 0.1) is 19.1 Å². The van der Waals surface area contributed by atoms with Gasteiger partial charge in [-0.1, -0.05) is 18.2 Å². The van der Waals surface area contributed by atoms with Crippen LogP contribution in [0.1, 0.15) is 45.4 Å². The first-order chi connectivity index (χ1) is 15.4. The lowest BCUT2D eigenvalue weighted by atomic mass is 10.0. The number of hydrogen-bond acceptors (Lipinski definition) is 8. The Morgan fingerprint density at radius 3 is 2.72 bits per heavy atom. The number of hydrogen-bond donors (Lipinski definition) is 1. The number of ether oxygens (including phenoxy) is 2. The molecule has 0 aliphatic rings. The zero-order chi connectivity index (χ0) is 22.8. The summed E-state index contributed by atoms with van der Waals surface area (Å²) in [4.78, 5) is 27.6. The summed E-state index contributed by atoms with van der Waals surface area (Å²) in [5.74, 6) is 2.44. The Balaban J connectivity index is 1.88. The molecule has 0 aliphatic heterocycles. The van der Waals surface area contributed by atoms with Gasteiger partial charge in [0.1, 0.15) is 39.0 Å². The van der Waals surface area contributed by atoms with Crippen molar-refractivity contribution in [3.8, 4) is 5.75 Å². The fourth-order valence-electron chi connectivity index (χ4n) is 3.72. The molecule has 0 spiro atoms. The monoisotopic (exact) mass is 451 g/mol. The van der Waals surface area contributed by atoms with E-state index in [0.29, 0.717) is 23.1 Å². The second-order valence-corrected chi connectivity index (χ2v) is 8.29. The number of aryl methyl sites for hydroxylation is 3. The van der Waals surface area contributed by atoms with E-state index >= 15 is 0 Å². The number of anilines is 1. The molecule has 3 heterocycles. The number of imidazole rings is 1. The van der Waals surface area contributed by atoms with Crippen LogP contribution < -0.4 is 10.1 Å². The molecule has 1 unspecified atom stereocenters. The number of methoxy groups -OCH3 is 1. The van der Waals surface area contributed by atoms with Gasteiger partial charge < -0.3 is 19.4 Å². The minimum absolute atomic E-state index is 0.317. The lowest BCUT2D eigenvalue weighted by Crippen LogP contribution is -2.19. The third-order valence-electron chi connectivity index (χ3n) is 5.21. The third kappa shape index (κ3) is 3.91. The second kappa shape index (κ2) is 8.96. The number of benzene rings is 1. The molecule has 9 heteroatoms. The molecule has 1 N–H and O–H groups in total. The van der Waals surface area contributed by atoms with E-state index < -0.39 is 0 Å². The van der Waals surface area contributed by atoms with Gasteiger partial charge in [-0.3, -0.25) is 0 Å². The van der Waals surface area contributed by atoms with Crippen molar-refractivity contribution in [1.29, 1.82) is 0 Å². The predicted octanol–water partition coefficient (Wildman–Crippen LogP) is 4.43. The van der Waals surface area contributed by atoms with E-state index in [4.69, 9.17) is 14.5 Å². The molecule has 4 aromatic rings. The van der Waals surface area contributed by atoms with Gasteiger partial charge in [-0.15, -0.1) is 11.3 Å². The Hall–Kier alpha value is -3.46. The number of fused-ring (bicyclic) bond motifs is 1. The molecule has 0 bridgehead atoms. The van der Waals surface area contributed by atoms with Crippen LogP contribution in [-0.2, 0) is 11.8 Å². The summed E-state index contributed by atoms with van der Waals surface area (Å²) < 4.78 is 12.8. The van der Waals surface area contributed by atoms with Crippen molar-refractivity contribution >= 4 is 33.3 Å². The number of rotatable bonds is 7. The molecule has 0 aliphatic carbocycles. The van der Waals surface area contributed by atoms with Crippen molar-refractivity contribution in [2.45, 2.75) is 26.8 Å². The van der Waals surface area contributed by atoms with E-state index in [1.807, 2.05) is 55.9 Å². The minimum Gasteiger partial charge on any atom is -0.496 e. The molecule has 0 saturated heterocycles. The smallest absolute Gasteiger partial charge is 0.348 e. The highest BCUT2D eigenvalue weighted by Crippen LogP contribution is 2.38. The van der Waals surface area contributed by atoms with Crippen molar-refractivity contribution in [1.82, 2.24) is 19.5 Å². The van der Waals surface area contributed by atoms with Crippen LogP contribution in [0.25, 0.3) is 10.2 Å². The average molecular weight is 452 g/mol. The van der Waals surface area contributed by atoms with Crippen molar-refractivity contribution < 1.29 is 14.3 Å². The van der Waals surface area contributed by atoms with E-state index in [9.17, 15) is 4.79 Å². The van der Waals surface area contributed by atoms with Crippen molar-refractivity contribution in [2.75, 3.05) is 19.0 Å². The number of thiophene rings is 1. The van der Waals surface area contributed by atoms with E-state index in [2.05, 4.69) is 15.3 Å². The lowest BCUT2D eigenvalue weighted by molar-refractivity contribution is 0.0531. The molecule has 166 valence electrons. The van der Waals surface area contributed by atoms with E-state index in [0.717, 1.165) is 32.9 Å². The van der Waals surface area contributed by atoms with Gasteiger partial charge in [-0.05, 0) is 32.4 Å². The normalized spacial score (nSPS) is 12.0. The molecular weight excluding hydrogens is 426 g/mol. The SMILES string of the molecule is CCOC(=O)c1sc2nc(C)nc(NC(c3ccccc3OC)c3nccn3C)c2c1C. The predicted molar refractivity (Wildman–Crippen MR) is 125 cm³/mol. The fraction of sp³-hybridized carbons (Fsp3) is 0.304. The van der Waals surface area contributed by atoms with Crippen LogP contribution in [0, 0.1) is 13.8 Å². The van der Waals surface area contributed by atoms with Gasteiger partial charge in [0, 0.05) is 25.0 Å².